The van der Waals surface area contributed by atoms with Crippen LogP contribution in [0.5, 0.6) is 0 Å². The van der Waals surface area contributed by atoms with Crippen LogP contribution in [0.25, 0.3) is 0 Å². The van der Waals surface area contributed by atoms with Crippen molar-refractivity contribution in [2.45, 2.75) is 45.1 Å². The zero-order valence-corrected chi connectivity index (χ0v) is 11.1. The second-order valence-electron chi connectivity index (χ2n) is 5.29. The van der Waals surface area contributed by atoms with Crippen LogP contribution in [0.15, 0.2) is 12.1 Å². The van der Waals surface area contributed by atoms with E-state index in [0.717, 1.165) is 18.9 Å². The summed E-state index contributed by atoms with van der Waals surface area (Å²) in [4.78, 5) is 0. The maximum absolute atomic E-state index is 13.9. The largest absolute Gasteiger partial charge is 0.313 e. The molecule has 100 valence electrons. The number of rotatable bonds is 3. The van der Waals surface area contributed by atoms with E-state index in [-0.39, 0.29) is 6.04 Å². The standard InChI is InChI=1S/C15H21F2N/c1-10-8-12(14(17)9-13(10)16)15(18-2)11-6-4-3-5-7-11/h8-9,11,15,18H,3-7H2,1-2H3. The Labute approximate surface area is 108 Å². The van der Waals surface area contributed by atoms with E-state index < -0.39 is 11.6 Å². The van der Waals surface area contributed by atoms with Crippen molar-refractivity contribution >= 4 is 0 Å². The van der Waals surface area contributed by atoms with Gasteiger partial charge < -0.3 is 5.32 Å². The molecule has 3 heteroatoms. The van der Waals surface area contributed by atoms with Gasteiger partial charge in [0.1, 0.15) is 11.6 Å². The van der Waals surface area contributed by atoms with Crippen molar-refractivity contribution in [3.63, 3.8) is 0 Å². The fourth-order valence-corrected chi connectivity index (χ4v) is 3.03. The molecule has 1 fully saturated rings. The van der Waals surface area contributed by atoms with Crippen molar-refractivity contribution in [3.8, 4) is 0 Å². The highest BCUT2D eigenvalue weighted by molar-refractivity contribution is 5.28. The highest BCUT2D eigenvalue weighted by Gasteiger charge is 2.26. The summed E-state index contributed by atoms with van der Waals surface area (Å²) >= 11 is 0. The normalized spacial score (nSPS) is 18.9. The minimum Gasteiger partial charge on any atom is -0.313 e. The molecule has 18 heavy (non-hydrogen) atoms. The first-order chi connectivity index (χ1) is 8.63. The second-order valence-corrected chi connectivity index (χ2v) is 5.29. The minimum absolute atomic E-state index is 0.00426. The van der Waals surface area contributed by atoms with Crippen LogP contribution in [-0.2, 0) is 0 Å². The first-order valence-corrected chi connectivity index (χ1v) is 6.76. The monoisotopic (exact) mass is 253 g/mol. The summed E-state index contributed by atoms with van der Waals surface area (Å²) < 4.78 is 27.3. The van der Waals surface area contributed by atoms with Gasteiger partial charge in [0.2, 0.25) is 0 Å². The van der Waals surface area contributed by atoms with Crippen LogP contribution in [0.4, 0.5) is 8.78 Å². The minimum atomic E-state index is -0.463. The Bertz CT molecular complexity index is 411. The van der Waals surface area contributed by atoms with Crippen LogP contribution in [0, 0.1) is 24.5 Å². The lowest BCUT2D eigenvalue weighted by molar-refractivity contribution is 0.276. The Hall–Kier alpha value is -0.960. The molecule has 0 aliphatic heterocycles. The van der Waals surface area contributed by atoms with Crippen molar-refractivity contribution < 1.29 is 8.78 Å². The van der Waals surface area contributed by atoms with E-state index in [2.05, 4.69) is 5.32 Å². The third-order valence-electron chi connectivity index (χ3n) is 4.05. The van der Waals surface area contributed by atoms with Crippen LogP contribution in [0.3, 0.4) is 0 Å². The van der Waals surface area contributed by atoms with E-state index in [0.29, 0.717) is 17.0 Å². The van der Waals surface area contributed by atoms with Gasteiger partial charge in [0.25, 0.3) is 0 Å². The van der Waals surface area contributed by atoms with Crippen LogP contribution in [-0.4, -0.2) is 7.05 Å². The van der Waals surface area contributed by atoms with Crippen molar-refractivity contribution in [3.05, 3.63) is 34.9 Å². The number of benzene rings is 1. The third-order valence-corrected chi connectivity index (χ3v) is 4.05. The second kappa shape index (κ2) is 5.79. The molecular weight excluding hydrogens is 232 g/mol. The van der Waals surface area contributed by atoms with Crippen molar-refractivity contribution in [2.24, 2.45) is 5.92 Å². The zero-order valence-electron chi connectivity index (χ0n) is 11.1. The Morgan fingerprint density at radius 1 is 1.11 bits per heavy atom. The van der Waals surface area contributed by atoms with E-state index in [4.69, 9.17) is 0 Å². The molecule has 0 aromatic heterocycles. The molecule has 1 unspecified atom stereocenters. The first kappa shape index (κ1) is 13.5. The fourth-order valence-electron chi connectivity index (χ4n) is 3.03. The Morgan fingerprint density at radius 2 is 1.78 bits per heavy atom. The molecule has 1 N–H and O–H groups in total. The molecule has 0 saturated heterocycles. The van der Waals surface area contributed by atoms with Gasteiger partial charge in [0.15, 0.2) is 0 Å². The smallest absolute Gasteiger partial charge is 0.130 e. The van der Waals surface area contributed by atoms with E-state index in [1.165, 1.54) is 19.3 Å². The lowest BCUT2D eigenvalue weighted by Crippen LogP contribution is -2.28. The lowest BCUT2D eigenvalue weighted by Gasteiger charge is -2.30. The maximum Gasteiger partial charge on any atom is 0.130 e. The number of halogens is 2. The number of hydrogen-bond acceptors (Lipinski definition) is 1. The van der Waals surface area contributed by atoms with Crippen LogP contribution < -0.4 is 5.32 Å². The van der Waals surface area contributed by atoms with Gasteiger partial charge in [0, 0.05) is 17.7 Å². The van der Waals surface area contributed by atoms with Gasteiger partial charge in [-0.2, -0.15) is 0 Å². The fraction of sp³-hybridized carbons (Fsp3) is 0.600. The van der Waals surface area contributed by atoms with Crippen molar-refractivity contribution in [1.29, 1.82) is 0 Å². The van der Waals surface area contributed by atoms with Gasteiger partial charge >= 0.3 is 0 Å². The van der Waals surface area contributed by atoms with Crippen molar-refractivity contribution in [2.75, 3.05) is 7.05 Å². The molecule has 1 aliphatic rings. The van der Waals surface area contributed by atoms with E-state index in [1.807, 2.05) is 7.05 Å². The van der Waals surface area contributed by atoms with E-state index in [9.17, 15) is 8.78 Å². The SMILES string of the molecule is CNC(c1cc(C)c(F)cc1F)C1CCCCC1. The summed E-state index contributed by atoms with van der Waals surface area (Å²) in [7, 11) is 1.86. The molecule has 1 nitrogen and oxygen atoms in total. The number of aryl methyl sites for hydroxylation is 1. The average Bonchev–Trinajstić information content (AvgIpc) is 2.38. The predicted octanol–water partition coefficient (Wildman–Crippen LogP) is 4.11. The summed E-state index contributed by atoms with van der Waals surface area (Å²) in [6.07, 6.45) is 5.95. The molecule has 0 amide bonds. The quantitative estimate of drug-likeness (QED) is 0.854. The molecule has 0 heterocycles. The van der Waals surface area contributed by atoms with Crippen LogP contribution in [0.2, 0.25) is 0 Å². The number of nitrogens with one attached hydrogen (secondary N) is 1. The predicted molar refractivity (Wildman–Crippen MR) is 69.5 cm³/mol. The molecule has 2 rings (SSSR count). The van der Waals surface area contributed by atoms with Gasteiger partial charge in [-0.05, 0) is 44.4 Å². The summed E-state index contributed by atoms with van der Waals surface area (Å²) in [5.41, 5.74) is 1.13. The van der Waals surface area contributed by atoms with Gasteiger partial charge in [-0.1, -0.05) is 19.3 Å². The maximum atomic E-state index is 13.9. The van der Waals surface area contributed by atoms with Crippen LogP contribution in [0.1, 0.15) is 49.3 Å². The van der Waals surface area contributed by atoms with Crippen LogP contribution >= 0.6 is 0 Å². The molecule has 1 aromatic rings. The summed E-state index contributed by atoms with van der Waals surface area (Å²) in [5, 5.41) is 3.21. The van der Waals surface area contributed by atoms with E-state index in [1.54, 1.807) is 13.0 Å². The van der Waals surface area contributed by atoms with Gasteiger partial charge in [-0.3, -0.25) is 0 Å². The Kier molecular flexibility index (Phi) is 4.33. The first-order valence-electron chi connectivity index (χ1n) is 6.76. The summed E-state index contributed by atoms with van der Waals surface area (Å²) in [6, 6.07) is 2.67. The number of hydrogen-bond donors (Lipinski definition) is 1. The molecule has 1 atom stereocenters. The van der Waals surface area contributed by atoms with Crippen molar-refractivity contribution in [1.82, 2.24) is 5.32 Å². The Balaban J connectivity index is 2.28. The van der Waals surface area contributed by atoms with Gasteiger partial charge in [-0.15, -0.1) is 0 Å². The lowest BCUT2D eigenvalue weighted by atomic mass is 9.81. The molecule has 0 bridgehead atoms. The topological polar surface area (TPSA) is 12.0 Å². The molecule has 1 aliphatic carbocycles. The van der Waals surface area contributed by atoms with Gasteiger partial charge in [-0.25, -0.2) is 8.78 Å². The molecular formula is C15H21F2N. The highest BCUT2D eigenvalue weighted by Crippen LogP contribution is 2.35. The summed E-state index contributed by atoms with van der Waals surface area (Å²) in [6.45, 7) is 1.69. The van der Waals surface area contributed by atoms with E-state index >= 15 is 0 Å². The highest BCUT2D eigenvalue weighted by atomic mass is 19.1. The molecule has 1 aromatic carbocycles. The summed E-state index contributed by atoms with van der Waals surface area (Å²) in [5.74, 6) is -0.430. The third kappa shape index (κ3) is 2.72. The average molecular weight is 253 g/mol. The zero-order chi connectivity index (χ0) is 13.1. The molecule has 0 spiro atoms. The van der Waals surface area contributed by atoms with Gasteiger partial charge in [0.05, 0.1) is 0 Å². The molecule has 0 radical (unpaired) electrons. The Morgan fingerprint density at radius 3 is 2.39 bits per heavy atom. The molecule has 1 saturated carbocycles.